The van der Waals surface area contributed by atoms with Crippen LogP contribution in [0.1, 0.15) is 59.8 Å². The van der Waals surface area contributed by atoms with E-state index in [1.165, 1.54) is 48.1 Å². The number of rotatable bonds is 5. The van der Waals surface area contributed by atoms with E-state index < -0.39 is 0 Å². The number of amides is 2. The van der Waals surface area contributed by atoms with Crippen LogP contribution in [0.15, 0.2) is 48.5 Å². The van der Waals surface area contributed by atoms with Gasteiger partial charge >= 0.3 is 6.03 Å². The van der Waals surface area contributed by atoms with Gasteiger partial charge in [0.15, 0.2) is 0 Å². The van der Waals surface area contributed by atoms with Crippen molar-refractivity contribution in [3.05, 3.63) is 70.8 Å². The summed E-state index contributed by atoms with van der Waals surface area (Å²) in [6, 6.07) is 18.7. The molecule has 7 rings (SSSR count). The fourth-order valence-electron chi connectivity index (χ4n) is 6.28. The minimum Gasteiger partial charge on any atom is -0.338 e. The number of nitrogens with one attached hydrogen (secondary N) is 2. The van der Waals surface area contributed by atoms with Crippen LogP contribution in [0.5, 0.6) is 0 Å². The van der Waals surface area contributed by atoms with Crippen molar-refractivity contribution in [2.24, 2.45) is 11.8 Å². The Hall–Kier alpha value is -2.33. The quantitative estimate of drug-likeness (QED) is 0.793. The van der Waals surface area contributed by atoms with E-state index in [1.54, 1.807) is 0 Å². The molecule has 2 fully saturated rings. The van der Waals surface area contributed by atoms with Gasteiger partial charge in [-0.15, -0.1) is 0 Å². The molecule has 2 unspecified atom stereocenters. The second-order valence-electron chi connectivity index (χ2n) is 9.76. The first kappa shape index (κ1) is 18.4. The first-order valence-corrected chi connectivity index (χ1v) is 11.7. The molecule has 1 aliphatic heterocycles. The van der Waals surface area contributed by atoms with Crippen molar-refractivity contribution in [1.82, 2.24) is 15.5 Å². The molecule has 1 saturated heterocycles. The van der Waals surface area contributed by atoms with Crippen LogP contribution in [0, 0.1) is 11.8 Å². The molecule has 2 aromatic rings. The van der Waals surface area contributed by atoms with Gasteiger partial charge in [-0.3, -0.25) is 0 Å². The maximum Gasteiger partial charge on any atom is 0.314 e. The molecule has 0 aromatic heterocycles. The number of hydrogen-bond acceptors (Lipinski definition) is 2. The number of carbonyl (C=O) groups excluding carboxylic acids is 1. The molecular weight excluding hydrogens is 370 g/mol. The van der Waals surface area contributed by atoms with Gasteiger partial charge in [-0.1, -0.05) is 48.5 Å². The molecule has 2 N–H and O–H groups in total. The van der Waals surface area contributed by atoms with Crippen molar-refractivity contribution in [2.75, 3.05) is 26.2 Å². The maximum absolute atomic E-state index is 12.5. The normalized spacial score (nSPS) is 29.3. The monoisotopic (exact) mass is 401 g/mol. The van der Waals surface area contributed by atoms with Crippen molar-refractivity contribution in [3.8, 4) is 0 Å². The zero-order valence-electron chi connectivity index (χ0n) is 17.5. The lowest BCUT2D eigenvalue weighted by atomic mass is 9.59. The average molecular weight is 402 g/mol. The van der Waals surface area contributed by atoms with Crippen molar-refractivity contribution < 1.29 is 4.79 Å². The Morgan fingerprint density at radius 3 is 2.17 bits per heavy atom. The summed E-state index contributed by atoms with van der Waals surface area (Å²) < 4.78 is 0. The summed E-state index contributed by atoms with van der Waals surface area (Å²) in [5.41, 5.74) is 5.91. The first-order valence-electron chi connectivity index (χ1n) is 11.7. The minimum absolute atomic E-state index is 0.00268. The fraction of sp³-hybridized carbons (Fsp3) is 0.500. The molecule has 1 heterocycles. The van der Waals surface area contributed by atoms with E-state index in [0.717, 1.165) is 32.1 Å². The summed E-state index contributed by atoms with van der Waals surface area (Å²) in [7, 11) is 0. The standard InChI is InChI=1S/C26H31N3O/c30-26(27-14-17-11-12-29(16-17)19-9-10-19)28-15-18-13-24-20-5-1-3-7-22(20)25(18)23-8-4-2-6-21(23)24/h1-8,17-19,24-25H,9-16H2,(H2,27,28,30). The lowest BCUT2D eigenvalue weighted by Gasteiger charge is -2.45. The van der Waals surface area contributed by atoms with Gasteiger partial charge in [0.05, 0.1) is 0 Å². The Balaban J connectivity index is 1.09. The molecule has 0 spiro atoms. The highest BCUT2D eigenvalue weighted by Crippen LogP contribution is 2.55. The van der Waals surface area contributed by atoms with Gasteiger partial charge in [-0.05, 0) is 66.3 Å². The number of urea groups is 1. The summed E-state index contributed by atoms with van der Waals surface area (Å²) in [5.74, 6) is 1.93. The van der Waals surface area contributed by atoms with Gasteiger partial charge in [0.25, 0.3) is 0 Å². The van der Waals surface area contributed by atoms with Crippen molar-refractivity contribution in [1.29, 1.82) is 0 Å². The van der Waals surface area contributed by atoms with E-state index in [1.807, 2.05) is 0 Å². The molecule has 4 nitrogen and oxygen atoms in total. The summed E-state index contributed by atoms with van der Waals surface area (Å²) in [6.07, 6.45) is 5.08. The summed E-state index contributed by atoms with van der Waals surface area (Å²) in [5, 5.41) is 6.36. The Kier molecular flexibility index (Phi) is 4.56. The Morgan fingerprint density at radius 1 is 0.867 bits per heavy atom. The van der Waals surface area contributed by atoms with Crippen LogP contribution in [0.2, 0.25) is 0 Å². The van der Waals surface area contributed by atoms with E-state index in [9.17, 15) is 4.79 Å². The molecule has 156 valence electrons. The van der Waals surface area contributed by atoms with Crippen LogP contribution in [0.3, 0.4) is 0 Å². The van der Waals surface area contributed by atoms with E-state index in [0.29, 0.717) is 23.7 Å². The molecule has 2 aromatic carbocycles. The van der Waals surface area contributed by atoms with Gasteiger partial charge in [0, 0.05) is 37.5 Å². The molecule has 0 radical (unpaired) electrons. The lowest BCUT2D eigenvalue weighted by Crippen LogP contribution is -2.44. The molecule has 30 heavy (non-hydrogen) atoms. The molecule has 4 heteroatoms. The number of nitrogens with zero attached hydrogens (tertiary/aromatic N) is 1. The Bertz CT molecular complexity index is 905. The molecule has 5 aliphatic rings. The predicted molar refractivity (Wildman–Crippen MR) is 119 cm³/mol. The third-order valence-corrected chi connectivity index (χ3v) is 7.88. The van der Waals surface area contributed by atoms with Crippen LogP contribution in [-0.2, 0) is 0 Å². The van der Waals surface area contributed by atoms with Crippen LogP contribution >= 0.6 is 0 Å². The van der Waals surface area contributed by atoms with Gasteiger partial charge < -0.3 is 15.5 Å². The van der Waals surface area contributed by atoms with Gasteiger partial charge in [-0.25, -0.2) is 4.79 Å². The highest BCUT2D eigenvalue weighted by Gasteiger charge is 2.43. The zero-order chi connectivity index (χ0) is 20.1. The number of carbonyl (C=O) groups is 1. The van der Waals surface area contributed by atoms with Crippen LogP contribution in [0.25, 0.3) is 0 Å². The second-order valence-corrected chi connectivity index (χ2v) is 9.76. The first-order chi connectivity index (χ1) is 14.8. The number of likely N-dealkylation sites (tertiary alicyclic amines) is 1. The smallest absolute Gasteiger partial charge is 0.314 e. The van der Waals surface area contributed by atoms with E-state index in [-0.39, 0.29) is 6.03 Å². The highest BCUT2D eigenvalue weighted by atomic mass is 16.2. The largest absolute Gasteiger partial charge is 0.338 e. The summed E-state index contributed by atoms with van der Waals surface area (Å²) in [4.78, 5) is 15.1. The molecule has 2 atom stereocenters. The molecular formula is C26H31N3O. The van der Waals surface area contributed by atoms with E-state index >= 15 is 0 Å². The Labute approximate surface area is 179 Å². The second kappa shape index (κ2) is 7.42. The average Bonchev–Trinajstić information content (AvgIpc) is 3.54. The fourth-order valence-corrected chi connectivity index (χ4v) is 6.28. The van der Waals surface area contributed by atoms with Crippen molar-refractivity contribution in [3.63, 3.8) is 0 Å². The number of hydrogen-bond donors (Lipinski definition) is 2. The minimum atomic E-state index is 0.00268. The van der Waals surface area contributed by atoms with Gasteiger partial charge in [-0.2, -0.15) is 0 Å². The topological polar surface area (TPSA) is 44.4 Å². The van der Waals surface area contributed by atoms with E-state index in [2.05, 4.69) is 64.1 Å². The Morgan fingerprint density at radius 2 is 1.50 bits per heavy atom. The van der Waals surface area contributed by atoms with Gasteiger partial charge in [0.1, 0.15) is 0 Å². The molecule has 2 amide bonds. The van der Waals surface area contributed by atoms with E-state index in [4.69, 9.17) is 0 Å². The summed E-state index contributed by atoms with van der Waals surface area (Å²) >= 11 is 0. The highest BCUT2D eigenvalue weighted by molar-refractivity contribution is 5.73. The van der Waals surface area contributed by atoms with Crippen molar-refractivity contribution >= 4 is 6.03 Å². The molecule has 1 saturated carbocycles. The lowest BCUT2D eigenvalue weighted by molar-refractivity contribution is 0.233. The van der Waals surface area contributed by atoms with Crippen molar-refractivity contribution in [2.45, 2.75) is 43.6 Å². The molecule has 2 bridgehead atoms. The SMILES string of the molecule is O=C(NCC1CCN(C2CC2)C1)NCC1CC2c3ccccc3C1c1ccccc12. The summed E-state index contributed by atoms with van der Waals surface area (Å²) in [6.45, 7) is 3.92. The predicted octanol–water partition coefficient (Wildman–Crippen LogP) is 4.07. The van der Waals surface area contributed by atoms with Crippen LogP contribution in [0.4, 0.5) is 4.79 Å². The third kappa shape index (κ3) is 3.22. The number of benzene rings is 2. The van der Waals surface area contributed by atoms with Crippen LogP contribution < -0.4 is 10.6 Å². The zero-order valence-corrected chi connectivity index (χ0v) is 17.5. The number of fused-ring (bicyclic) bond motifs is 1. The molecule has 4 aliphatic carbocycles. The van der Waals surface area contributed by atoms with Gasteiger partial charge in [0.2, 0.25) is 0 Å². The third-order valence-electron chi connectivity index (χ3n) is 7.88. The maximum atomic E-state index is 12.5. The van der Waals surface area contributed by atoms with Crippen LogP contribution in [-0.4, -0.2) is 43.2 Å².